The second kappa shape index (κ2) is 6.03. The summed E-state index contributed by atoms with van der Waals surface area (Å²) in [7, 11) is 0. The van der Waals surface area contributed by atoms with Gasteiger partial charge in [-0.25, -0.2) is 0 Å². The number of benzene rings is 1. The van der Waals surface area contributed by atoms with Crippen molar-refractivity contribution in [1.82, 2.24) is 9.55 Å². The molecule has 1 aliphatic carbocycles. The Labute approximate surface area is 130 Å². The van der Waals surface area contributed by atoms with Crippen LogP contribution in [0, 0.1) is 27.9 Å². The van der Waals surface area contributed by atoms with E-state index in [2.05, 4.69) is 22.5 Å². The molecule has 0 spiro atoms. The van der Waals surface area contributed by atoms with Crippen molar-refractivity contribution in [3.05, 3.63) is 28.5 Å². The molecule has 1 fully saturated rings. The summed E-state index contributed by atoms with van der Waals surface area (Å²) in [4.78, 5) is 3.26. The molecule has 1 aromatic carbocycles. The van der Waals surface area contributed by atoms with Gasteiger partial charge in [-0.3, -0.25) is 0 Å². The van der Waals surface area contributed by atoms with Gasteiger partial charge < -0.3 is 9.55 Å². The summed E-state index contributed by atoms with van der Waals surface area (Å²) in [6.07, 6.45) is 6.60. The molecule has 110 valence electrons. The van der Waals surface area contributed by atoms with E-state index in [4.69, 9.17) is 17.5 Å². The van der Waals surface area contributed by atoms with Crippen LogP contribution in [-0.4, -0.2) is 9.55 Å². The first-order chi connectivity index (χ1) is 10.2. The smallest absolute Gasteiger partial charge is 0.178 e. The van der Waals surface area contributed by atoms with Gasteiger partial charge >= 0.3 is 0 Å². The Morgan fingerprint density at radius 3 is 2.67 bits per heavy atom. The largest absolute Gasteiger partial charge is 0.331 e. The summed E-state index contributed by atoms with van der Waals surface area (Å²) >= 11 is 5.47. The molecule has 3 nitrogen and oxygen atoms in total. The minimum absolute atomic E-state index is 0.694. The minimum Gasteiger partial charge on any atom is -0.331 e. The van der Waals surface area contributed by atoms with Crippen molar-refractivity contribution in [1.29, 1.82) is 5.26 Å². The molecule has 1 N–H and O–H groups in total. The molecule has 0 aliphatic heterocycles. The van der Waals surface area contributed by atoms with Gasteiger partial charge in [0.25, 0.3) is 0 Å². The van der Waals surface area contributed by atoms with Crippen molar-refractivity contribution >= 4 is 23.3 Å². The van der Waals surface area contributed by atoms with E-state index in [1.807, 2.05) is 18.2 Å². The van der Waals surface area contributed by atoms with E-state index >= 15 is 0 Å². The fourth-order valence-corrected chi connectivity index (χ4v) is 3.77. The summed E-state index contributed by atoms with van der Waals surface area (Å²) in [5.41, 5.74) is 2.79. The third-order valence-electron chi connectivity index (χ3n) is 4.89. The van der Waals surface area contributed by atoms with Crippen LogP contribution in [0.5, 0.6) is 0 Å². The number of aromatic nitrogens is 2. The molecule has 1 heterocycles. The second-order valence-electron chi connectivity index (χ2n) is 6.18. The van der Waals surface area contributed by atoms with Crippen LogP contribution in [0.25, 0.3) is 11.0 Å². The summed E-state index contributed by atoms with van der Waals surface area (Å²) in [6.45, 7) is 3.27. The van der Waals surface area contributed by atoms with Gasteiger partial charge in [0.1, 0.15) is 0 Å². The van der Waals surface area contributed by atoms with Gasteiger partial charge in [-0.1, -0.05) is 26.2 Å². The Balaban J connectivity index is 1.85. The Hall–Kier alpha value is -1.60. The molecule has 4 heteroatoms. The molecule has 0 radical (unpaired) electrons. The summed E-state index contributed by atoms with van der Waals surface area (Å²) in [6, 6.07) is 7.95. The summed E-state index contributed by atoms with van der Waals surface area (Å²) < 4.78 is 2.96. The van der Waals surface area contributed by atoms with E-state index < -0.39 is 0 Å². The Morgan fingerprint density at radius 1 is 1.29 bits per heavy atom. The number of nitrogens with zero attached hydrogens (tertiary/aromatic N) is 2. The second-order valence-corrected chi connectivity index (χ2v) is 6.57. The lowest BCUT2D eigenvalue weighted by molar-refractivity contribution is 0.248. The van der Waals surface area contributed by atoms with E-state index in [9.17, 15) is 0 Å². The highest BCUT2D eigenvalue weighted by molar-refractivity contribution is 7.71. The van der Waals surface area contributed by atoms with Gasteiger partial charge in [0, 0.05) is 6.54 Å². The van der Waals surface area contributed by atoms with E-state index in [0.29, 0.717) is 11.5 Å². The average Bonchev–Trinajstić information content (AvgIpc) is 2.83. The van der Waals surface area contributed by atoms with Crippen molar-refractivity contribution in [2.45, 2.75) is 45.6 Å². The van der Waals surface area contributed by atoms with E-state index in [-0.39, 0.29) is 0 Å². The van der Waals surface area contributed by atoms with E-state index in [1.165, 1.54) is 32.1 Å². The highest BCUT2D eigenvalue weighted by Gasteiger charge is 2.21. The Kier molecular flexibility index (Phi) is 4.12. The molecule has 0 unspecified atom stereocenters. The third-order valence-corrected chi connectivity index (χ3v) is 5.21. The number of fused-ring (bicyclic) bond motifs is 1. The predicted molar refractivity (Wildman–Crippen MR) is 87.6 cm³/mol. The number of rotatable bonds is 3. The predicted octanol–water partition coefficient (Wildman–Crippen LogP) is 4.79. The fraction of sp³-hybridized carbons (Fsp3) is 0.529. The van der Waals surface area contributed by atoms with Crippen LogP contribution in [0.3, 0.4) is 0 Å². The summed E-state index contributed by atoms with van der Waals surface area (Å²) in [5.74, 6) is 1.63. The topological polar surface area (TPSA) is 44.5 Å². The number of nitrogens with one attached hydrogen (secondary N) is 1. The standard InChI is InChI=1S/C17H21N3S/c1-2-12-3-5-13(6-4-12)11-20-16-9-14(10-18)7-8-15(16)19-17(20)21/h7-9,12-13H,2-6,11H2,1H3,(H,19,21). The molecular weight excluding hydrogens is 278 g/mol. The molecule has 1 saturated carbocycles. The molecule has 0 bridgehead atoms. The number of hydrogen-bond acceptors (Lipinski definition) is 2. The first-order valence-electron chi connectivity index (χ1n) is 7.84. The maximum atomic E-state index is 9.08. The van der Waals surface area contributed by atoms with Crippen LogP contribution >= 0.6 is 12.2 Å². The van der Waals surface area contributed by atoms with Crippen molar-refractivity contribution in [2.24, 2.45) is 11.8 Å². The normalized spacial score (nSPS) is 22.3. The molecule has 2 aromatic rings. The zero-order valence-electron chi connectivity index (χ0n) is 12.4. The first-order valence-corrected chi connectivity index (χ1v) is 8.24. The van der Waals surface area contributed by atoms with E-state index in [1.54, 1.807) is 0 Å². The molecule has 0 amide bonds. The fourth-order valence-electron chi connectivity index (χ4n) is 3.48. The van der Waals surface area contributed by atoms with Gasteiger partial charge in [-0.15, -0.1) is 0 Å². The van der Waals surface area contributed by atoms with Crippen LogP contribution < -0.4 is 0 Å². The molecule has 1 aromatic heterocycles. The van der Waals surface area contributed by atoms with Crippen molar-refractivity contribution in [3.63, 3.8) is 0 Å². The van der Waals surface area contributed by atoms with Gasteiger partial charge in [-0.2, -0.15) is 5.26 Å². The van der Waals surface area contributed by atoms with Crippen LogP contribution in [0.2, 0.25) is 0 Å². The molecule has 0 saturated heterocycles. The average molecular weight is 299 g/mol. The van der Waals surface area contributed by atoms with Crippen molar-refractivity contribution < 1.29 is 0 Å². The highest BCUT2D eigenvalue weighted by atomic mass is 32.1. The maximum Gasteiger partial charge on any atom is 0.178 e. The lowest BCUT2D eigenvalue weighted by atomic mass is 9.81. The zero-order chi connectivity index (χ0) is 14.8. The lowest BCUT2D eigenvalue weighted by Crippen LogP contribution is -2.18. The highest BCUT2D eigenvalue weighted by Crippen LogP contribution is 2.32. The van der Waals surface area contributed by atoms with Gasteiger partial charge in [0.2, 0.25) is 0 Å². The van der Waals surface area contributed by atoms with Crippen LogP contribution in [0.1, 0.15) is 44.6 Å². The number of imidazole rings is 1. The first kappa shape index (κ1) is 14.3. The SMILES string of the molecule is CCC1CCC(Cn2c(=S)[nH]c3ccc(C#N)cc32)CC1. The maximum absolute atomic E-state index is 9.08. The Bertz CT molecular complexity index is 727. The van der Waals surface area contributed by atoms with Crippen LogP contribution in [0.4, 0.5) is 0 Å². The summed E-state index contributed by atoms with van der Waals surface area (Å²) in [5, 5.41) is 9.08. The molecule has 3 rings (SSSR count). The quantitative estimate of drug-likeness (QED) is 0.828. The van der Waals surface area contributed by atoms with Crippen molar-refractivity contribution in [2.75, 3.05) is 0 Å². The van der Waals surface area contributed by atoms with Gasteiger partial charge in [0.05, 0.1) is 22.7 Å². The van der Waals surface area contributed by atoms with Crippen molar-refractivity contribution in [3.8, 4) is 6.07 Å². The number of aromatic amines is 1. The molecular formula is C17H21N3S. The zero-order valence-corrected chi connectivity index (χ0v) is 13.2. The third kappa shape index (κ3) is 2.89. The van der Waals surface area contributed by atoms with Gasteiger partial charge in [-0.05, 0) is 55.1 Å². The molecule has 1 aliphatic rings. The van der Waals surface area contributed by atoms with Crippen LogP contribution in [-0.2, 0) is 6.54 Å². The number of nitriles is 1. The van der Waals surface area contributed by atoms with Gasteiger partial charge in [0.15, 0.2) is 4.77 Å². The van der Waals surface area contributed by atoms with Crippen LogP contribution in [0.15, 0.2) is 18.2 Å². The minimum atomic E-state index is 0.694. The molecule has 0 atom stereocenters. The molecule has 21 heavy (non-hydrogen) atoms. The Morgan fingerprint density at radius 2 is 2.00 bits per heavy atom. The van der Waals surface area contributed by atoms with E-state index in [0.717, 1.165) is 28.3 Å². The lowest BCUT2D eigenvalue weighted by Gasteiger charge is -2.28. The number of H-pyrrole nitrogens is 1. The number of hydrogen-bond donors (Lipinski definition) is 1. The monoisotopic (exact) mass is 299 g/mol.